The van der Waals surface area contributed by atoms with Crippen LogP contribution < -0.4 is 11.5 Å². The minimum Gasteiger partial charge on any atom is -0.401 e. The summed E-state index contributed by atoms with van der Waals surface area (Å²) in [6, 6.07) is 3.42. The summed E-state index contributed by atoms with van der Waals surface area (Å²) in [5.41, 5.74) is 11.9. The monoisotopic (exact) mass is 263 g/mol. The molecule has 1 aromatic heterocycles. The lowest BCUT2D eigenvalue weighted by Crippen LogP contribution is -2.10. The molecule has 0 aliphatic carbocycles. The van der Waals surface area contributed by atoms with E-state index in [0.717, 1.165) is 17.5 Å². The number of nitrogens with zero attached hydrogens (tertiary/aromatic N) is 3. The van der Waals surface area contributed by atoms with E-state index in [2.05, 4.69) is 9.97 Å². The van der Waals surface area contributed by atoms with E-state index in [4.69, 9.17) is 16.7 Å². The molecule has 4 N–H and O–H groups in total. The maximum atomic E-state index is 11.7. The Balaban J connectivity index is 2.75. The number of hydrogen-bond donors (Lipinski definition) is 2. The van der Waals surface area contributed by atoms with E-state index in [-0.39, 0.29) is 22.8 Å². The molecule has 0 saturated heterocycles. The van der Waals surface area contributed by atoms with Gasteiger partial charge >= 0.3 is 0 Å². The van der Waals surface area contributed by atoms with Gasteiger partial charge in [0, 0.05) is 17.5 Å². The van der Waals surface area contributed by atoms with Crippen molar-refractivity contribution in [2.75, 3.05) is 11.5 Å². The molecule has 94 valence electrons. The van der Waals surface area contributed by atoms with Crippen LogP contribution in [-0.2, 0) is 4.79 Å². The molecular formula is C11H13N5OS. The van der Waals surface area contributed by atoms with Gasteiger partial charge in [-0.05, 0) is 13.8 Å². The number of hydrogen-bond acceptors (Lipinski definition) is 7. The lowest BCUT2D eigenvalue weighted by molar-refractivity contribution is -0.112. The molecule has 1 heterocycles. The highest BCUT2D eigenvalue weighted by molar-refractivity contribution is 7.99. The Labute approximate surface area is 109 Å². The van der Waals surface area contributed by atoms with Gasteiger partial charge in [0.1, 0.15) is 17.5 Å². The molecule has 0 saturated carbocycles. The van der Waals surface area contributed by atoms with Crippen LogP contribution in [0.3, 0.4) is 0 Å². The van der Waals surface area contributed by atoms with Crippen molar-refractivity contribution in [3.05, 3.63) is 23.0 Å². The Morgan fingerprint density at radius 3 is 2.72 bits per heavy atom. The van der Waals surface area contributed by atoms with Crippen LogP contribution in [-0.4, -0.2) is 21.5 Å². The molecule has 1 aromatic rings. The van der Waals surface area contributed by atoms with E-state index in [1.807, 2.05) is 0 Å². The Kier molecular flexibility index (Phi) is 4.68. The van der Waals surface area contributed by atoms with Crippen LogP contribution in [0.5, 0.6) is 0 Å². The van der Waals surface area contributed by atoms with Gasteiger partial charge in [0.2, 0.25) is 0 Å². The van der Waals surface area contributed by atoms with Gasteiger partial charge in [-0.15, -0.1) is 0 Å². The predicted molar refractivity (Wildman–Crippen MR) is 69.4 cm³/mol. The second-order valence-electron chi connectivity index (χ2n) is 3.60. The number of allylic oxidation sites excluding steroid dienone is 2. The standard InChI is InChI=1S/C11H13N5OS/c1-6-3-10(14)16-11(15-6)18-5-9(17)8(4-12)7(2)13/h3H,5,13H2,1-2H3,(H2,14,15,16). The lowest BCUT2D eigenvalue weighted by Gasteiger charge is -2.02. The number of aryl methyl sites for hydroxylation is 1. The molecule has 0 aliphatic heterocycles. The largest absolute Gasteiger partial charge is 0.401 e. The molecule has 0 aliphatic rings. The lowest BCUT2D eigenvalue weighted by atomic mass is 10.2. The zero-order valence-electron chi connectivity index (χ0n) is 10.1. The van der Waals surface area contributed by atoms with E-state index < -0.39 is 0 Å². The molecule has 0 fully saturated rings. The van der Waals surface area contributed by atoms with Gasteiger partial charge in [-0.25, -0.2) is 9.97 Å². The van der Waals surface area contributed by atoms with Crippen molar-refractivity contribution in [1.29, 1.82) is 5.26 Å². The summed E-state index contributed by atoms with van der Waals surface area (Å²) in [6.07, 6.45) is 0. The average Bonchev–Trinajstić information content (AvgIpc) is 2.25. The first-order valence-corrected chi connectivity index (χ1v) is 6.06. The van der Waals surface area contributed by atoms with Gasteiger partial charge < -0.3 is 11.5 Å². The van der Waals surface area contributed by atoms with Crippen LogP contribution in [0.4, 0.5) is 5.82 Å². The third-order valence-corrected chi connectivity index (χ3v) is 2.82. The number of nitriles is 1. The maximum absolute atomic E-state index is 11.7. The van der Waals surface area contributed by atoms with Crippen molar-refractivity contribution < 1.29 is 4.79 Å². The third-order valence-electron chi connectivity index (χ3n) is 1.97. The van der Waals surface area contributed by atoms with Crippen LogP contribution in [0.2, 0.25) is 0 Å². The molecule has 0 unspecified atom stereocenters. The molecule has 6 nitrogen and oxygen atoms in total. The Morgan fingerprint density at radius 1 is 1.56 bits per heavy atom. The summed E-state index contributed by atoms with van der Waals surface area (Å²) >= 11 is 1.13. The van der Waals surface area contributed by atoms with Crippen molar-refractivity contribution in [3.8, 4) is 6.07 Å². The van der Waals surface area contributed by atoms with Crippen molar-refractivity contribution >= 4 is 23.4 Å². The highest BCUT2D eigenvalue weighted by Crippen LogP contribution is 2.16. The van der Waals surface area contributed by atoms with Crippen LogP contribution in [0.25, 0.3) is 0 Å². The Morgan fingerprint density at radius 2 is 2.22 bits per heavy atom. The van der Waals surface area contributed by atoms with E-state index in [1.54, 1.807) is 19.1 Å². The van der Waals surface area contributed by atoms with Crippen LogP contribution >= 0.6 is 11.8 Å². The molecule has 0 amide bonds. The van der Waals surface area contributed by atoms with Crippen molar-refractivity contribution in [2.24, 2.45) is 5.73 Å². The quantitative estimate of drug-likeness (QED) is 0.356. The van der Waals surface area contributed by atoms with Crippen molar-refractivity contribution in [3.63, 3.8) is 0 Å². The maximum Gasteiger partial charge on any atom is 0.190 e. The number of nitrogens with two attached hydrogens (primary N) is 2. The third kappa shape index (κ3) is 3.75. The van der Waals surface area contributed by atoms with Gasteiger partial charge in [-0.1, -0.05) is 11.8 Å². The Bertz CT molecular complexity index is 523. The fraction of sp³-hybridized carbons (Fsp3) is 0.273. The second kappa shape index (κ2) is 6.02. The molecule has 0 aromatic carbocycles. The number of nitrogen functional groups attached to an aromatic ring is 1. The number of anilines is 1. The SMILES string of the molecule is CC(N)=C(C#N)C(=O)CSc1nc(C)cc(N)n1. The minimum absolute atomic E-state index is 0.0249. The topological polar surface area (TPSA) is 119 Å². The zero-order chi connectivity index (χ0) is 13.7. The molecule has 0 spiro atoms. The van der Waals surface area contributed by atoms with Crippen molar-refractivity contribution in [1.82, 2.24) is 9.97 Å². The average molecular weight is 263 g/mol. The highest BCUT2D eigenvalue weighted by Gasteiger charge is 2.13. The molecule has 0 atom stereocenters. The smallest absolute Gasteiger partial charge is 0.190 e. The molecule has 0 radical (unpaired) electrons. The van der Waals surface area contributed by atoms with E-state index in [9.17, 15) is 4.79 Å². The predicted octanol–water partition coefficient (Wildman–Crippen LogP) is 0.785. The summed E-state index contributed by atoms with van der Waals surface area (Å²) < 4.78 is 0. The summed E-state index contributed by atoms with van der Waals surface area (Å²) in [5.74, 6) is 0.0648. The molecular weight excluding hydrogens is 250 g/mol. The fourth-order valence-electron chi connectivity index (χ4n) is 1.20. The number of Topliss-reactive ketones (excluding diaryl/α,β-unsaturated/α-hetero) is 1. The number of ketones is 1. The Hall–Kier alpha value is -2.07. The molecule has 7 heteroatoms. The normalized spacial score (nSPS) is 11.6. The van der Waals surface area contributed by atoms with E-state index in [0.29, 0.717) is 11.0 Å². The molecule has 0 bridgehead atoms. The first-order valence-electron chi connectivity index (χ1n) is 5.07. The summed E-state index contributed by atoms with van der Waals surface area (Å²) in [7, 11) is 0. The summed E-state index contributed by atoms with van der Waals surface area (Å²) in [4.78, 5) is 19.8. The zero-order valence-corrected chi connectivity index (χ0v) is 10.9. The van der Waals surface area contributed by atoms with E-state index in [1.165, 1.54) is 6.92 Å². The summed E-state index contributed by atoms with van der Waals surface area (Å²) in [5, 5.41) is 9.19. The second-order valence-corrected chi connectivity index (χ2v) is 4.54. The first kappa shape index (κ1) is 14.0. The van der Waals surface area contributed by atoms with Gasteiger partial charge in [0.25, 0.3) is 0 Å². The number of carbonyl (C=O) groups is 1. The van der Waals surface area contributed by atoms with E-state index >= 15 is 0 Å². The van der Waals surface area contributed by atoms with Crippen LogP contribution in [0, 0.1) is 18.3 Å². The molecule has 1 rings (SSSR count). The van der Waals surface area contributed by atoms with Gasteiger partial charge in [-0.3, -0.25) is 4.79 Å². The number of aromatic nitrogens is 2. The number of rotatable bonds is 4. The van der Waals surface area contributed by atoms with Crippen molar-refractivity contribution in [2.45, 2.75) is 19.0 Å². The van der Waals surface area contributed by atoms with Gasteiger partial charge in [0.15, 0.2) is 10.9 Å². The van der Waals surface area contributed by atoms with Crippen LogP contribution in [0.1, 0.15) is 12.6 Å². The first-order chi connectivity index (χ1) is 8.43. The minimum atomic E-state index is -0.342. The molecule has 18 heavy (non-hydrogen) atoms. The highest BCUT2D eigenvalue weighted by atomic mass is 32.2. The summed E-state index contributed by atoms with van der Waals surface area (Å²) in [6.45, 7) is 3.30. The number of carbonyl (C=O) groups excluding carboxylic acids is 1. The van der Waals surface area contributed by atoms with Gasteiger partial charge in [0.05, 0.1) is 5.75 Å². The number of thioether (sulfide) groups is 1. The fourth-order valence-corrected chi connectivity index (χ4v) is 1.99. The van der Waals surface area contributed by atoms with Gasteiger partial charge in [-0.2, -0.15) is 5.26 Å². The van der Waals surface area contributed by atoms with Crippen LogP contribution in [0.15, 0.2) is 22.5 Å².